The molecule has 1 aliphatic rings. The van der Waals surface area contributed by atoms with E-state index >= 15 is 0 Å². The third-order valence-corrected chi connectivity index (χ3v) is 4.08. The first-order valence-corrected chi connectivity index (χ1v) is 7.29. The van der Waals surface area contributed by atoms with Crippen LogP contribution in [0.5, 0.6) is 0 Å². The van der Waals surface area contributed by atoms with Crippen molar-refractivity contribution in [3.05, 3.63) is 24.2 Å². The van der Waals surface area contributed by atoms with Gasteiger partial charge in [-0.25, -0.2) is 0 Å². The Morgan fingerprint density at radius 2 is 2.26 bits per heavy atom. The fourth-order valence-electron chi connectivity index (χ4n) is 2.85. The van der Waals surface area contributed by atoms with Gasteiger partial charge in [-0.15, -0.1) is 0 Å². The second kappa shape index (κ2) is 6.75. The number of hydrogen-bond donors (Lipinski definition) is 1. The maximum absolute atomic E-state index is 12.6. The van der Waals surface area contributed by atoms with Crippen LogP contribution in [0.4, 0.5) is 0 Å². The Kier molecular flexibility index (Phi) is 5.02. The Hall–Kier alpha value is -1.29. The number of nitrogens with zero attached hydrogens (tertiary/aromatic N) is 1. The summed E-state index contributed by atoms with van der Waals surface area (Å²) in [7, 11) is 0. The van der Waals surface area contributed by atoms with Crippen molar-refractivity contribution in [3.63, 3.8) is 0 Å². The van der Waals surface area contributed by atoms with Crippen LogP contribution in [0, 0.1) is 5.92 Å². The van der Waals surface area contributed by atoms with E-state index in [1.807, 2.05) is 24.0 Å². The van der Waals surface area contributed by atoms with E-state index in [-0.39, 0.29) is 11.8 Å². The smallest absolute Gasteiger partial charge is 0.227 e. The quantitative estimate of drug-likeness (QED) is 0.859. The van der Waals surface area contributed by atoms with E-state index in [1.165, 1.54) is 12.8 Å². The summed E-state index contributed by atoms with van der Waals surface area (Å²) >= 11 is 0. The molecule has 2 rings (SSSR count). The summed E-state index contributed by atoms with van der Waals surface area (Å²) in [5.41, 5.74) is 5.72. The maximum atomic E-state index is 12.6. The average molecular weight is 264 g/mol. The largest absolute Gasteiger partial charge is 0.467 e. The minimum absolute atomic E-state index is 0.0597. The van der Waals surface area contributed by atoms with Gasteiger partial charge in [0, 0.05) is 12.6 Å². The van der Waals surface area contributed by atoms with Crippen molar-refractivity contribution in [2.45, 2.75) is 51.6 Å². The monoisotopic (exact) mass is 264 g/mol. The topological polar surface area (TPSA) is 59.5 Å². The normalized spacial score (nSPS) is 17.6. The van der Waals surface area contributed by atoms with Gasteiger partial charge in [0.15, 0.2) is 0 Å². The molecule has 1 aromatic heterocycles. The van der Waals surface area contributed by atoms with E-state index in [1.54, 1.807) is 6.26 Å². The highest BCUT2D eigenvalue weighted by molar-refractivity contribution is 5.79. The fraction of sp³-hybridized carbons (Fsp3) is 0.667. The maximum Gasteiger partial charge on any atom is 0.227 e. The van der Waals surface area contributed by atoms with Crippen molar-refractivity contribution in [2.75, 3.05) is 6.54 Å². The Bertz CT molecular complexity index is 379. The number of hydrogen-bond acceptors (Lipinski definition) is 3. The molecule has 1 aliphatic carbocycles. The zero-order valence-electron chi connectivity index (χ0n) is 11.7. The van der Waals surface area contributed by atoms with Gasteiger partial charge in [-0.2, -0.15) is 0 Å². The number of furan rings is 1. The van der Waals surface area contributed by atoms with Crippen LogP contribution in [0.3, 0.4) is 0 Å². The predicted molar refractivity (Wildman–Crippen MR) is 74.3 cm³/mol. The lowest BCUT2D eigenvalue weighted by Gasteiger charge is -2.31. The van der Waals surface area contributed by atoms with Gasteiger partial charge in [0.05, 0.1) is 18.7 Å². The molecule has 1 saturated carbocycles. The molecule has 4 nitrogen and oxygen atoms in total. The summed E-state index contributed by atoms with van der Waals surface area (Å²) < 4.78 is 5.40. The van der Waals surface area contributed by atoms with E-state index in [0.717, 1.165) is 25.0 Å². The fourth-order valence-corrected chi connectivity index (χ4v) is 2.85. The van der Waals surface area contributed by atoms with Crippen LogP contribution in [0.2, 0.25) is 0 Å². The summed E-state index contributed by atoms with van der Waals surface area (Å²) in [4.78, 5) is 14.6. The first kappa shape index (κ1) is 14.1. The Morgan fingerprint density at radius 3 is 2.79 bits per heavy atom. The predicted octanol–water partition coefficient (Wildman–Crippen LogP) is 2.54. The van der Waals surface area contributed by atoms with Crippen LogP contribution in [0.1, 0.15) is 44.8 Å². The summed E-state index contributed by atoms with van der Waals surface area (Å²) in [6.07, 6.45) is 7.10. The molecule has 0 bridgehead atoms. The molecule has 1 fully saturated rings. The van der Waals surface area contributed by atoms with Gasteiger partial charge in [0.1, 0.15) is 5.76 Å². The molecule has 1 unspecified atom stereocenters. The molecule has 19 heavy (non-hydrogen) atoms. The van der Waals surface area contributed by atoms with Gasteiger partial charge < -0.3 is 15.1 Å². The van der Waals surface area contributed by atoms with Gasteiger partial charge in [-0.1, -0.05) is 19.8 Å². The summed E-state index contributed by atoms with van der Waals surface area (Å²) in [6, 6.07) is 4.16. The van der Waals surface area contributed by atoms with Gasteiger partial charge in [0.25, 0.3) is 0 Å². The summed E-state index contributed by atoms with van der Waals surface area (Å²) in [6.45, 7) is 3.03. The average Bonchev–Trinajstić information content (AvgIpc) is 3.10. The van der Waals surface area contributed by atoms with Gasteiger partial charge in [0.2, 0.25) is 5.91 Å². The number of rotatable bonds is 6. The molecular formula is C15H24N2O2. The molecule has 0 aromatic carbocycles. The van der Waals surface area contributed by atoms with Gasteiger partial charge in [-0.3, -0.25) is 4.79 Å². The zero-order valence-corrected chi connectivity index (χ0v) is 11.7. The van der Waals surface area contributed by atoms with E-state index < -0.39 is 0 Å². The van der Waals surface area contributed by atoms with Crippen molar-refractivity contribution in [2.24, 2.45) is 11.7 Å². The first-order valence-electron chi connectivity index (χ1n) is 7.29. The second-order valence-corrected chi connectivity index (χ2v) is 5.32. The van der Waals surface area contributed by atoms with Crippen LogP contribution in [-0.2, 0) is 11.3 Å². The minimum Gasteiger partial charge on any atom is -0.467 e. The van der Waals surface area contributed by atoms with Crippen molar-refractivity contribution in [3.8, 4) is 0 Å². The van der Waals surface area contributed by atoms with E-state index in [4.69, 9.17) is 10.2 Å². The molecule has 0 aliphatic heterocycles. The first-order chi connectivity index (χ1) is 9.26. The van der Waals surface area contributed by atoms with Crippen LogP contribution in [-0.4, -0.2) is 23.4 Å². The molecule has 1 aromatic rings. The van der Waals surface area contributed by atoms with Gasteiger partial charge >= 0.3 is 0 Å². The lowest BCUT2D eigenvalue weighted by Crippen LogP contribution is -2.43. The molecular weight excluding hydrogens is 240 g/mol. The molecule has 0 saturated heterocycles. The highest BCUT2D eigenvalue weighted by Gasteiger charge is 2.30. The lowest BCUT2D eigenvalue weighted by molar-refractivity contribution is -0.138. The minimum atomic E-state index is -0.0597. The highest BCUT2D eigenvalue weighted by Crippen LogP contribution is 2.26. The van der Waals surface area contributed by atoms with Crippen LogP contribution in [0.15, 0.2) is 22.8 Å². The molecule has 106 valence electrons. The molecule has 0 spiro atoms. The molecule has 2 N–H and O–H groups in total. The SMILES string of the molecule is CCC(CN)C(=O)N(Cc1ccco1)C1CCCC1. The van der Waals surface area contributed by atoms with Crippen LogP contribution in [0.25, 0.3) is 0 Å². The molecule has 4 heteroatoms. The summed E-state index contributed by atoms with van der Waals surface area (Å²) in [5.74, 6) is 0.982. The number of carbonyl (C=O) groups is 1. The van der Waals surface area contributed by atoms with Crippen molar-refractivity contribution in [1.82, 2.24) is 4.90 Å². The van der Waals surface area contributed by atoms with Crippen LogP contribution >= 0.6 is 0 Å². The summed E-state index contributed by atoms with van der Waals surface area (Å²) in [5, 5.41) is 0. The Morgan fingerprint density at radius 1 is 1.53 bits per heavy atom. The molecule has 0 radical (unpaired) electrons. The third kappa shape index (κ3) is 3.38. The van der Waals surface area contributed by atoms with Gasteiger partial charge in [-0.05, 0) is 31.4 Å². The highest BCUT2D eigenvalue weighted by atomic mass is 16.3. The van der Waals surface area contributed by atoms with Crippen LogP contribution < -0.4 is 5.73 Å². The second-order valence-electron chi connectivity index (χ2n) is 5.32. The number of amides is 1. The van der Waals surface area contributed by atoms with E-state index in [0.29, 0.717) is 19.1 Å². The van der Waals surface area contributed by atoms with E-state index in [2.05, 4.69) is 0 Å². The molecule has 1 atom stereocenters. The van der Waals surface area contributed by atoms with E-state index in [9.17, 15) is 4.79 Å². The number of nitrogens with two attached hydrogens (primary N) is 1. The zero-order chi connectivity index (χ0) is 13.7. The Balaban J connectivity index is 2.10. The standard InChI is InChI=1S/C15H24N2O2/c1-2-12(10-16)15(18)17(13-6-3-4-7-13)11-14-8-5-9-19-14/h5,8-9,12-13H,2-4,6-7,10-11,16H2,1H3. The Labute approximate surface area is 114 Å². The molecule has 1 amide bonds. The van der Waals surface area contributed by atoms with Crippen molar-refractivity contribution >= 4 is 5.91 Å². The van der Waals surface area contributed by atoms with Crippen molar-refractivity contribution < 1.29 is 9.21 Å². The third-order valence-electron chi connectivity index (χ3n) is 4.08. The number of carbonyl (C=O) groups excluding carboxylic acids is 1. The molecule has 1 heterocycles. The van der Waals surface area contributed by atoms with Crippen molar-refractivity contribution in [1.29, 1.82) is 0 Å². The lowest BCUT2D eigenvalue weighted by atomic mass is 10.0.